The number of nitrogens with zero attached hydrogens (tertiary/aromatic N) is 4. The van der Waals surface area contributed by atoms with Gasteiger partial charge in [0.1, 0.15) is 0 Å². The Labute approximate surface area is 340 Å². The Morgan fingerprint density at radius 1 is 0.322 bits per heavy atom. The van der Waals surface area contributed by atoms with Gasteiger partial charge in [0.15, 0.2) is 0 Å². The molecular weight excluding hydrogens is 717 g/mol. The third-order valence-corrected chi connectivity index (χ3v) is 11.7. The first-order chi connectivity index (χ1) is 29.3. The number of fused-ring (bicyclic) bond motifs is 9. The molecule has 12 aromatic rings. The van der Waals surface area contributed by atoms with E-state index in [0.717, 1.165) is 88.7 Å². The second-order valence-electron chi connectivity index (χ2n) is 15.2. The molecule has 0 fully saturated rings. The zero-order valence-corrected chi connectivity index (χ0v) is 31.9. The highest BCUT2D eigenvalue weighted by Crippen LogP contribution is 2.44. The number of para-hydroxylation sites is 3. The molecule has 0 saturated heterocycles. The van der Waals surface area contributed by atoms with Crippen molar-refractivity contribution in [2.24, 2.45) is 0 Å². The van der Waals surface area contributed by atoms with E-state index in [1.165, 1.54) is 27.2 Å². The van der Waals surface area contributed by atoms with E-state index in [-0.39, 0.29) is 0 Å². The van der Waals surface area contributed by atoms with Gasteiger partial charge in [0, 0.05) is 49.3 Å². The summed E-state index contributed by atoms with van der Waals surface area (Å²) >= 11 is 0. The Hall–Kier alpha value is -7.95. The maximum atomic E-state index is 5.64. The van der Waals surface area contributed by atoms with Crippen LogP contribution in [0.3, 0.4) is 0 Å². The summed E-state index contributed by atoms with van der Waals surface area (Å²) in [7, 11) is 0. The van der Waals surface area contributed by atoms with Crippen molar-refractivity contribution in [3.63, 3.8) is 0 Å². The van der Waals surface area contributed by atoms with Crippen LogP contribution in [0.4, 0.5) is 0 Å². The fraction of sp³-hybridized carbons (Fsp3) is 0. The van der Waals surface area contributed by atoms with Crippen molar-refractivity contribution in [2.45, 2.75) is 0 Å². The van der Waals surface area contributed by atoms with Gasteiger partial charge < -0.3 is 4.57 Å². The van der Waals surface area contributed by atoms with Gasteiger partial charge in [0.05, 0.1) is 44.7 Å². The van der Waals surface area contributed by atoms with Gasteiger partial charge in [-0.2, -0.15) is 0 Å². The summed E-state index contributed by atoms with van der Waals surface area (Å²) in [6, 6.07) is 73.1. The molecule has 3 aromatic heterocycles. The molecule has 0 saturated carbocycles. The van der Waals surface area contributed by atoms with Crippen molar-refractivity contribution in [2.75, 3.05) is 0 Å². The molecule has 0 aliphatic heterocycles. The number of hydrogen-bond acceptors (Lipinski definition) is 3. The maximum absolute atomic E-state index is 5.64. The summed E-state index contributed by atoms with van der Waals surface area (Å²) < 4.78 is 2.37. The molecule has 0 unspecified atom stereocenters. The summed E-state index contributed by atoms with van der Waals surface area (Å²) in [4.78, 5) is 16.7. The zero-order chi connectivity index (χ0) is 38.9. The van der Waals surface area contributed by atoms with E-state index in [1.54, 1.807) is 0 Å². The van der Waals surface area contributed by atoms with Crippen LogP contribution in [0.15, 0.2) is 206 Å². The van der Waals surface area contributed by atoms with Crippen molar-refractivity contribution in [1.82, 2.24) is 19.5 Å². The summed E-state index contributed by atoms with van der Waals surface area (Å²) in [6.45, 7) is 0. The quantitative estimate of drug-likeness (QED) is 0.165. The van der Waals surface area contributed by atoms with Crippen molar-refractivity contribution in [1.29, 1.82) is 0 Å². The molecule has 274 valence electrons. The number of hydrogen-bond donors (Lipinski definition) is 0. The lowest BCUT2D eigenvalue weighted by Crippen LogP contribution is -2.00. The van der Waals surface area contributed by atoms with Crippen molar-refractivity contribution in [3.05, 3.63) is 206 Å². The van der Waals surface area contributed by atoms with Crippen LogP contribution < -0.4 is 0 Å². The predicted octanol–water partition coefficient (Wildman–Crippen LogP) is 14.2. The van der Waals surface area contributed by atoms with Crippen LogP contribution in [0.25, 0.3) is 116 Å². The smallest absolute Gasteiger partial charge is 0.0995 e. The Bertz CT molecular complexity index is 3540. The van der Waals surface area contributed by atoms with Gasteiger partial charge >= 0.3 is 0 Å². The van der Waals surface area contributed by atoms with E-state index in [4.69, 9.17) is 15.0 Å². The normalized spacial score (nSPS) is 11.7. The molecule has 0 bridgehead atoms. The average Bonchev–Trinajstić information content (AvgIpc) is 3.65. The fourth-order valence-electron chi connectivity index (χ4n) is 9.02. The van der Waals surface area contributed by atoms with Crippen molar-refractivity contribution >= 4 is 65.3 Å². The molecule has 0 atom stereocenters. The lowest BCUT2D eigenvalue weighted by atomic mass is 9.90. The minimum atomic E-state index is 0.816. The molecule has 3 heterocycles. The summed E-state index contributed by atoms with van der Waals surface area (Å²) in [5.41, 5.74) is 13.9. The highest BCUT2D eigenvalue weighted by Gasteiger charge is 2.23. The van der Waals surface area contributed by atoms with Crippen LogP contribution in [-0.4, -0.2) is 19.5 Å². The Morgan fingerprint density at radius 2 is 0.864 bits per heavy atom. The Morgan fingerprint density at radius 3 is 1.56 bits per heavy atom. The molecule has 4 nitrogen and oxygen atoms in total. The topological polar surface area (TPSA) is 43.6 Å². The first-order valence-electron chi connectivity index (χ1n) is 20.0. The fourth-order valence-corrected chi connectivity index (χ4v) is 9.02. The second-order valence-corrected chi connectivity index (χ2v) is 15.2. The first kappa shape index (κ1) is 33.2. The predicted molar refractivity (Wildman–Crippen MR) is 246 cm³/mol. The third kappa shape index (κ3) is 5.34. The average molecular weight is 751 g/mol. The lowest BCUT2D eigenvalue weighted by molar-refractivity contribution is 1.18. The minimum absolute atomic E-state index is 0.816. The molecule has 0 N–H and O–H groups in total. The number of pyridine rings is 1. The molecule has 0 spiro atoms. The van der Waals surface area contributed by atoms with Gasteiger partial charge in [0.25, 0.3) is 0 Å². The van der Waals surface area contributed by atoms with Crippen LogP contribution in [0, 0.1) is 0 Å². The van der Waals surface area contributed by atoms with E-state index in [2.05, 4.69) is 199 Å². The Balaban J connectivity index is 1.19. The molecule has 0 radical (unpaired) electrons. The summed E-state index contributed by atoms with van der Waals surface area (Å²) in [5.74, 6) is 0. The van der Waals surface area contributed by atoms with E-state index in [1.807, 2.05) is 12.1 Å². The van der Waals surface area contributed by atoms with Crippen LogP contribution in [0.2, 0.25) is 0 Å². The van der Waals surface area contributed by atoms with Crippen LogP contribution in [0.1, 0.15) is 0 Å². The highest BCUT2D eigenvalue weighted by atomic mass is 15.0. The molecule has 0 amide bonds. The van der Waals surface area contributed by atoms with Gasteiger partial charge in [-0.25, -0.2) is 15.0 Å². The van der Waals surface area contributed by atoms with Gasteiger partial charge in [-0.15, -0.1) is 0 Å². The molecule has 59 heavy (non-hydrogen) atoms. The first-order valence-corrected chi connectivity index (χ1v) is 20.0. The summed E-state index contributed by atoms with van der Waals surface area (Å²) in [6.07, 6.45) is 0. The molecule has 9 aromatic carbocycles. The Kier molecular flexibility index (Phi) is 7.50. The largest absolute Gasteiger partial charge is 0.309 e. The number of benzene rings is 9. The second kappa shape index (κ2) is 13.3. The van der Waals surface area contributed by atoms with Crippen LogP contribution in [-0.2, 0) is 0 Å². The molecular formula is C55H34N4. The van der Waals surface area contributed by atoms with Crippen LogP contribution in [0.5, 0.6) is 0 Å². The van der Waals surface area contributed by atoms with E-state index >= 15 is 0 Å². The van der Waals surface area contributed by atoms with Crippen LogP contribution >= 0.6 is 0 Å². The summed E-state index contributed by atoms with van der Waals surface area (Å²) in [5, 5.41) is 8.01. The van der Waals surface area contributed by atoms with Gasteiger partial charge in [0.2, 0.25) is 0 Å². The van der Waals surface area contributed by atoms with Crippen molar-refractivity contribution in [3.8, 4) is 50.6 Å². The monoisotopic (exact) mass is 750 g/mol. The van der Waals surface area contributed by atoms with Gasteiger partial charge in [-0.1, -0.05) is 164 Å². The number of aromatic nitrogens is 4. The maximum Gasteiger partial charge on any atom is 0.0995 e. The SMILES string of the molecule is c1ccc(-c2nc3cc(-c4ccc(-n5c6ccccc6c6ccccc65)cc4)c4c5ccccc5nc(-c5ccc6ccccc6c5)c4c3nc2-c2ccccc2)cc1. The van der Waals surface area contributed by atoms with Gasteiger partial charge in [-0.3, -0.25) is 0 Å². The standard InChI is InChI=1S/C55H34N4/c1-3-16-37(17-4-1)53-54(38-18-5-2-6-19-38)58-55-47(57-53)34-45(36-29-31-41(32-30-36)59-48-25-13-10-21-42(48)43-22-11-14-26-49(43)59)50-44-23-9-12-24-46(44)56-52(51(50)55)40-28-27-35-15-7-8-20-39(35)33-40/h1-34H. The molecule has 0 aliphatic rings. The van der Waals surface area contributed by atoms with E-state index in [9.17, 15) is 0 Å². The van der Waals surface area contributed by atoms with E-state index < -0.39 is 0 Å². The lowest BCUT2D eigenvalue weighted by Gasteiger charge is -2.18. The third-order valence-electron chi connectivity index (χ3n) is 11.7. The molecule has 0 aliphatic carbocycles. The van der Waals surface area contributed by atoms with Crippen molar-refractivity contribution < 1.29 is 0 Å². The highest BCUT2D eigenvalue weighted by molar-refractivity contribution is 6.25. The molecule has 4 heteroatoms. The van der Waals surface area contributed by atoms with E-state index in [0.29, 0.717) is 0 Å². The van der Waals surface area contributed by atoms with Gasteiger partial charge in [-0.05, 0) is 64.4 Å². The zero-order valence-electron chi connectivity index (χ0n) is 31.9. The number of rotatable bonds is 5. The minimum Gasteiger partial charge on any atom is -0.309 e. The molecule has 12 rings (SSSR count).